The number of aliphatic carboxylic acids is 1. The Morgan fingerprint density at radius 1 is 1.22 bits per heavy atom. The van der Waals surface area contributed by atoms with Crippen molar-refractivity contribution in [3.8, 4) is 0 Å². The molecule has 0 fully saturated rings. The van der Waals surface area contributed by atoms with Gasteiger partial charge >= 0.3 is 12.1 Å². The van der Waals surface area contributed by atoms with Gasteiger partial charge in [0.15, 0.2) is 0 Å². The van der Waals surface area contributed by atoms with Gasteiger partial charge in [0, 0.05) is 6.42 Å². The molecule has 1 heterocycles. The van der Waals surface area contributed by atoms with Gasteiger partial charge in [0.1, 0.15) is 12.6 Å². The SMILES string of the molecule is Cc1ccc2c(c1)CC(C(=O)O)N2C(=O)OCc1ccccc1. The highest BCUT2D eigenvalue weighted by Crippen LogP contribution is 2.33. The molecule has 0 aliphatic carbocycles. The summed E-state index contributed by atoms with van der Waals surface area (Å²) in [5.41, 5.74) is 3.36. The lowest BCUT2D eigenvalue weighted by Crippen LogP contribution is -2.43. The van der Waals surface area contributed by atoms with Crippen molar-refractivity contribution in [3.05, 3.63) is 65.2 Å². The molecule has 0 spiro atoms. The van der Waals surface area contributed by atoms with E-state index in [1.54, 1.807) is 6.07 Å². The maximum atomic E-state index is 12.4. The van der Waals surface area contributed by atoms with Crippen molar-refractivity contribution in [1.29, 1.82) is 0 Å². The average molecular weight is 311 g/mol. The Kier molecular flexibility index (Phi) is 4.02. The first kappa shape index (κ1) is 15.1. The first-order valence-electron chi connectivity index (χ1n) is 7.38. The molecule has 1 amide bonds. The van der Waals surface area contributed by atoms with Crippen molar-refractivity contribution in [2.24, 2.45) is 0 Å². The Hall–Kier alpha value is -2.82. The van der Waals surface area contributed by atoms with E-state index < -0.39 is 18.1 Å². The summed E-state index contributed by atoms with van der Waals surface area (Å²) in [6.45, 7) is 2.05. The van der Waals surface area contributed by atoms with E-state index in [9.17, 15) is 14.7 Å². The smallest absolute Gasteiger partial charge is 0.415 e. The lowest BCUT2D eigenvalue weighted by molar-refractivity contribution is -0.138. The number of aryl methyl sites for hydroxylation is 1. The lowest BCUT2D eigenvalue weighted by Gasteiger charge is -2.22. The van der Waals surface area contributed by atoms with Crippen LogP contribution in [-0.4, -0.2) is 23.2 Å². The summed E-state index contributed by atoms with van der Waals surface area (Å²) in [5, 5.41) is 9.41. The fraction of sp³-hybridized carbons (Fsp3) is 0.222. The number of carboxylic acid groups (broad SMARTS) is 1. The van der Waals surface area contributed by atoms with Crippen LogP contribution in [0.1, 0.15) is 16.7 Å². The highest BCUT2D eigenvalue weighted by atomic mass is 16.6. The van der Waals surface area contributed by atoms with Crippen LogP contribution in [0.15, 0.2) is 48.5 Å². The fourth-order valence-corrected chi connectivity index (χ4v) is 2.79. The summed E-state index contributed by atoms with van der Waals surface area (Å²) >= 11 is 0. The van der Waals surface area contributed by atoms with E-state index in [4.69, 9.17) is 4.74 Å². The third-order valence-electron chi connectivity index (χ3n) is 3.91. The second-order valence-electron chi connectivity index (χ2n) is 5.60. The van der Waals surface area contributed by atoms with Crippen LogP contribution in [0.3, 0.4) is 0 Å². The van der Waals surface area contributed by atoms with E-state index in [1.165, 1.54) is 4.90 Å². The van der Waals surface area contributed by atoms with Crippen LogP contribution < -0.4 is 4.90 Å². The van der Waals surface area contributed by atoms with Gasteiger partial charge in [-0.2, -0.15) is 0 Å². The summed E-state index contributed by atoms with van der Waals surface area (Å²) in [4.78, 5) is 25.2. The van der Waals surface area contributed by atoms with Gasteiger partial charge in [0.25, 0.3) is 0 Å². The van der Waals surface area contributed by atoms with Crippen LogP contribution in [0.4, 0.5) is 10.5 Å². The van der Waals surface area contributed by atoms with Crippen molar-refractivity contribution < 1.29 is 19.4 Å². The molecule has 1 aliphatic rings. The normalized spacial score (nSPS) is 16.0. The van der Waals surface area contributed by atoms with Gasteiger partial charge in [0.2, 0.25) is 0 Å². The number of rotatable bonds is 3. The van der Waals surface area contributed by atoms with Crippen molar-refractivity contribution >= 4 is 17.7 Å². The number of carboxylic acids is 1. The zero-order chi connectivity index (χ0) is 16.4. The van der Waals surface area contributed by atoms with Gasteiger partial charge in [-0.05, 0) is 24.1 Å². The molecule has 0 saturated carbocycles. The molecule has 1 unspecified atom stereocenters. The molecule has 0 radical (unpaired) electrons. The Bertz CT molecular complexity index is 742. The molecule has 2 aromatic rings. The second kappa shape index (κ2) is 6.12. The minimum atomic E-state index is -1.03. The molecule has 23 heavy (non-hydrogen) atoms. The molecule has 3 rings (SSSR count). The first-order chi connectivity index (χ1) is 11.1. The van der Waals surface area contributed by atoms with Crippen molar-refractivity contribution in [1.82, 2.24) is 0 Å². The molecular formula is C18H17NO4. The quantitative estimate of drug-likeness (QED) is 0.945. The van der Waals surface area contributed by atoms with Gasteiger partial charge in [-0.3, -0.25) is 4.90 Å². The molecule has 5 nitrogen and oxygen atoms in total. The van der Waals surface area contributed by atoms with Crippen molar-refractivity contribution in [3.63, 3.8) is 0 Å². The third-order valence-corrected chi connectivity index (χ3v) is 3.91. The molecule has 0 bridgehead atoms. The molecule has 1 N–H and O–H groups in total. The lowest BCUT2D eigenvalue weighted by atomic mass is 10.1. The molecule has 5 heteroatoms. The van der Waals surface area contributed by atoms with Gasteiger partial charge in [-0.25, -0.2) is 9.59 Å². The molecule has 1 aliphatic heterocycles. The van der Waals surface area contributed by atoms with Crippen LogP contribution in [0.25, 0.3) is 0 Å². The number of carbonyl (C=O) groups is 2. The predicted octanol–water partition coefficient (Wildman–Crippen LogP) is 3.15. The summed E-state index contributed by atoms with van der Waals surface area (Å²) in [5.74, 6) is -1.03. The number of hydrogen-bond acceptors (Lipinski definition) is 3. The molecule has 0 aromatic heterocycles. The summed E-state index contributed by atoms with van der Waals surface area (Å²) < 4.78 is 5.30. The Labute approximate surface area is 134 Å². The number of carbonyl (C=O) groups excluding carboxylic acids is 1. The van der Waals surface area contributed by atoms with E-state index in [0.29, 0.717) is 12.1 Å². The maximum absolute atomic E-state index is 12.4. The fourth-order valence-electron chi connectivity index (χ4n) is 2.79. The zero-order valence-corrected chi connectivity index (χ0v) is 12.7. The number of ether oxygens (including phenoxy) is 1. The van der Waals surface area contributed by atoms with E-state index >= 15 is 0 Å². The van der Waals surface area contributed by atoms with Gasteiger partial charge in [0.05, 0.1) is 5.69 Å². The van der Waals surface area contributed by atoms with Gasteiger partial charge in [-0.1, -0.05) is 48.0 Å². The van der Waals surface area contributed by atoms with Crippen LogP contribution in [-0.2, 0) is 22.6 Å². The molecule has 1 atom stereocenters. The number of anilines is 1. The summed E-state index contributed by atoms with van der Waals surface area (Å²) in [6, 6.07) is 13.9. The van der Waals surface area contributed by atoms with Crippen LogP contribution in [0.2, 0.25) is 0 Å². The topological polar surface area (TPSA) is 66.8 Å². The van der Waals surface area contributed by atoms with Crippen LogP contribution in [0, 0.1) is 6.92 Å². The Morgan fingerprint density at radius 2 is 1.96 bits per heavy atom. The van der Waals surface area contributed by atoms with E-state index in [-0.39, 0.29) is 6.61 Å². The number of benzene rings is 2. The van der Waals surface area contributed by atoms with Crippen molar-refractivity contribution in [2.45, 2.75) is 26.0 Å². The monoisotopic (exact) mass is 311 g/mol. The third kappa shape index (κ3) is 3.04. The predicted molar refractivity (Wildman–Crippen MR) is 85.4 cm³/mol. The minimum Gasteiger partial charge on any atom is -0.480 e. The van der Waals surface area contributed by atoms with Crippen LogP contribution in [0.5, 0.6) is 0 Å². The van der Waals surface area contributed by atoms with Crippen molar-refractivity contribution in [2.75, 3.05) is 4.90 Å². The Balaban J connectivity index is 1.81. The van der Waals surface area contributed by atoms with Gasteiger partial charge < -0.3 is 9.84 Å². The molecule has 0 saturated heterocycles. The van der Waals surface area contributed by atoms with E-state index in [1.807, 2.05) is 49.4 Å². The summed E-state index contributed by atoms with van der Waals surface area (Å²) in [6.07, 6.45) is -0.337. The second-order valence-corrected chi connectivity index (χ2v) is 5.60. The minimum absolute atomic E-state index is 0.115. The zero-order valence-electron chi connectivity index (χ0n) is 12.7. The van der Waals surface area contributed by atoms with Gasteiger partial charge in [-0.15, -0.1) is 0 Å². The highest BCUT2D eigenvalue weighted by Gasteiger charge is 2.39. The molecule has 118 valence electrons. The maximum Gasteiger partial charge on any atom is 0.415 e. The standard InChI is InChI=1S/C18H17NO4/c1-12-7-8-15-14(9-12)10-16(17(20)21)19(15)18(22)23-11-13-5-3-2-4-6-13/h2-9,16H,10-11H2,1H3,(H,20,21). The number of fused-ring (bicyclic) bond motifs is 1. The highest BCUT2D eigenvalue weighted by molar-refractivity contribution is 5.98. The number of nitrogens with zero attached hydrogens (tertiary/aromatic N) is 1. The first-order valence-corrected chi connectivity index (χ1v) is 7.38. The number of hydrogen-bond donors (Lipinski definition) is 1. The molecule has 2 aromatic carbocycles. The Morgan fingerprint density at radius 3 is 2.65 bits per heavy atom. The largest absolute Gasteiger partial charge is 0.480 e. The van der Waals surface area contributed by atoms with E-state index in [2.05, 4.69) is 0 Å². The van der Waals surface area contributed by atoms with E-state index in [0.717, 1.165) is 16.7 Å². The van der Waals surface area contributed by atoms with Crippen LogP contribution >= 0.6 is 0 Å². The molecular weight excluding hydrogens is 294 g/mol. The average Bonchev–Trinajstić information content (AvgIpc) is 2.92. The number of amides is 1. The summed E-state index contributed by atoms with van der Waals surface area (Å²) in [7, 11) is 0.